The normalized spacial score (nSPS) is 20.4. The van der Waals surface area contributed by atoms with Crippen LogP contribution in [0.25, 0.3) is 0 Å². The Bertz CT molecular complexity index is 1270. The van der Waals surface area contributed by atoms with E-state index in [1.165, 1.54) is 36.8 Å². The van der Waals surface area contributed by atoms with Crippen molar-refractivity contribution in [2.24, 2.45) is 0 Å². The van der Waals surface area contributed by atoms with Gasteiger partial charge in [-0.3, -0.25) is 0 Å². The first-order valence-corrected chi connectivity index (χ1v) is 18.0. The predicted octanol–water partition coefficient (Wildman–Crippen LogP) is 8.80. The van der Waals surface area contributed by atoms with Crippen molar-refractivity contribution >= 4 is 0 Å². The molecule has 1 fully saturated rings. The standard InChI is InChI=1S/C38H55F5N2O5/c1-36(30-13-15-31(16-14-30)49-28-46-2)27-48-35-26-32(50-29-47-3)17-18-33(35)34(36)12-9-7-5-4-6-8-10-20-44-22-24-45(25-23-44)21-11-19-37(39,40)38(41,42)43/h13-18,26,34H,4-12,19-25,27-29H2,1-3H3. The first-order valence-electron chi connectivity index (χ1n) is 18.0. The third kappa shape index (κ3) is 11.4. The lowest BCUT2D eigenvalue weighted by atomic mass is 9.66. The van der Waals surface area contributed by atoms with Gasteiger partial charge in [-0.25, -0.2) is 0 Å². The molecule has 50 heavy (non-hydrogen) atoms. The molecule has 0 saturated carbocycles. The molecule has 12 heteroatoms. The van der Waals surface area contributed by atoms with Gasteiger partial charge in [-0.05, 0) is 61.7 Å². The van der Waals surface area contributed by atoms with Crippen LogP contribution in [0.3, 0.4) is 0 Å². The van der Waals surface area contributed by atoms with Crippen molar-refractivity contribution < 1.29 is 45.6 Å². The molecule has 1 saturated heterocycles. The van der Waals surface area contributed by atoms with Crippen LogP contribution < -0.4 is 14.2 Å². The second kappa shape index (κ2) is 19.2. The van der Waals surface area contributed by atoms with Crippen molar-refractivity contribution in [1.82, 2.24) is 9.80 Å². The maximum Gasteiger partial charge on any atom is 0.453 e. The summed E-state index contributed by atoms with van der Waals surface area (Å²) in [6.45, 7) is 7.61. The summed E-state index contributed by atoms with van der Waals surface area (Å²) < 4.78 is 91.2. The minimum absolute atomic E-state index is 0.154. The van der Waals surface area contributed by atoms with Gasteiger partial charge in [0.05, 0.1) is 6.61 Å². The Morgan fingerprint density at radius 3 is 1.86 bits per heavy atom. The molecule has 0 spiro atoms. The van der Waals surface area contributed by atoms with Crippen LogP contribution in [0.4, 0.5) is 22.0 Å². The van der Waals surface area contributed by atoms with Gasteiger partial charge in [0, 0.05) is 64.2 Å². The molecule has 2 aliphatic heterocycles. The Morgan fingerprint density at radius 2 is 1.26 bits per heavy atom. The molecule has 0 amide bonds. The van der Waals surface area contributed by atoms with Crippen LogP contribution in [0.5, 0.6) is 17.2 Å². The van der Waals surface area contributed by atoms with E-state index in [9.17, 15) is 22.0 Å². The molecule has 0 radical (unpaired) electrons. The number of alkyl halides is 5. The van der Waals surface area contributed by atoms with Crippen molar-refractivity contribution in [1.29, 1.82) is 0 Å². The maximum atomic E-state index is 13.2. The number of unbranched alkanes of at least 4 members (excludes halogenated alkanes) is 6. The summed E-state index contributed by atoms with van der Waals surface area (Å²) in [6.07, 6.45) is 2.41. The summed E-state index contributed by atoms with van der Waals surface area (Å²) in [7, 11) is 3.21. The minimum atomic E-state index is -5.47. The number of fused-ring (bicyclic) bond motifs is 1. The minimum Gasteiger partial charge on any atom is -0.492 e. The lowest BCUT2D eigenvalue weighted by Crippen LogP contribution is -2.47. The molecule has 2 unspecified atom stereocenters. The van der Waals surface area contributed by atoms with E-state index in [1.807, 2.05) is 29.2 Å². The topological polar surface area (TPSA) is 52.6 Å². The number of benzene rings is 2. The van der Waals surface area contributed by atoms with Crippen molar-refractivity contribution in [3.63, 3.8) is 0 Å². The summed E-state index contributed by atoms with van der Waals surface area (Å²) in [5, 5.41) is 0. The van der Waals surface area contributed by atoms with E-state index in [2.05, 4.69) is 30.0 Å². The third-order valence-electron chi connectivity index (χ3n) is 10.2. The summed E-state index contributed by atoms with van der Waals surface area (Å²) in [4.78, 5) is 4.37. The smallest absolute Gasteiger partial charge is 0.453 e. The zero-order valence-electron chi connectivity index (χ0n) is 29.9. The summed E-state index contributed by atoms with van der Waals surface area (Å²) in [5.74, 6) is -1.97. The Hall–Kier alpha value is -2.67. The maximum absolute atomic E-state index is 13.2. The number of hydrogen-bond acceptors (Lipinski definition) is 7. The molecule has 2 aromatic carbocycles. The van der Waals surface area contributed by atoms with Gasteiger partial charge in [0.2, 0.25) is 0 Å². The molecule has 2 aromatic rings. The van der Waals surface area contributed by atoms with Gasteiger partial charge in [-0.15, -0.1) is 0 Å². The van der Waals surface area contributed by atoms with Crippen molar-refractivity contribution in [2.75, 3.05) is 73.7 Å². The van der Waals surface area contributed by atoms with Crippen LogP contribution >= 0.6 is 0 Å². The Morgan fingerprint density at radius 1 is 0.720 bits per heavy atom. The fraction of sp³-hybridized carbons (Fsp3) is 0.684. The molecule has 7 nitrogen and oxygen atoms in total. The fourth-order valence-corrected chi connectivity index (χ4v) is 7.10. The number of hydrogen-bond donors (Lipinski definition) is 0. The number of rotatable bonds is 21. The predicted molar refractivity (Wildman–Crippen MR) is 184 cm³/mol. The molecule has 282 valence electrons. The van der Waals surface area contributed by atoms with E-state index in [-0.39, 0.29) is 37.9 Å². The highest BCUT2D eigenvalue weighted by atomic mass is 19.4. The highest BCUT2D eigenvalue weighted by Crippen LogP contribution is 2.50. The average molecular weight is 715 g/mol. The van der Waals surface area contributed by atoms with E-state index in [4.69, 9.17) is 23.7 Å². The van der Waals surface area contributed by atoms with Gasteiger partial charge >= 0.3 is 12.1 Å². The first kappa shape index (κ1) is 40.1. The molecule has 0 bridgehead atoms. The van der Waals surface area contributed by atoms with Crippen LogP contribution in [-0.2, 0) is 14.9 Å². The molecule has 0 aromatic heterocycles. The lowest BCUT2D eigenvalue weighted by Gasteiger charge is -2.43. The molecular weight excluding hydrogens is 659 g/mol. The second-order valence-corrected chi connectivity index (χ2v) is 13.8. The SMILES string of the molecule is COCOc1ccc(C2(C)COc3cc(OCOC)ccc3C2CCCCCCCCCN2CCN(CCCC(F)(F)C(F)(F)F)CC2)cc1. The lowest BCUT2D eigenvalue weighted by molar-refractivity contribution is -0.284. The fourth-order valence-electron chi connectivity index (χ4n) is 7.10. The average Bonchev–Trinajstić information content (AvgIpc) is 3.10. The second-order valence-electron chi connectivity index (χ2n) is 13.8. The summed E-state index contributed by atoms with van der Waals surface area (Å²) in [5.41, 5.74) is 2.20. The highest BCUT2D eigenvalue weighted by molar-refractivity contribution is 5.48. The Balaban J connectivity index is 1.17. The van der Waals surface area contributed by atoms with Crippen LogP contribution in [0.2, 0.25) is 0 Å². The van der Waals surface area contributed by atoms with Gasteiger partial charge in [0.15, 0.2) is 13.6 Å². The molecule has 4 rings (SSSR count). The molecule has 2 heterocycles. The number of methoxy groups -OCH3 is 2. The number of halogens is 5. The molecule has 0 aliphatic carbocycles. The largest absolute Gasteiger partial charge is 0.492 e. The van der Waals surface area contributed by atoms with E-state index in [0.29, 0.717) is 19.7 Å². The van der Waals surface area contributed by atoms with Crippen molar-refractivity contribution in [2.45, 2.75) is 94.6 Å². The van der Waals surface area contributed by atoms with Gasteiger partial charge in [0.1, 0.15) is 17.2 Å². The quantitative estimate of drug-likeness (QED) is 0.0728. The number of piperazine rings is 1. The number of nitrogens with zero attached hydrogens (tertiary/aromatic N) is 2. The molecule has 0 N–H and O–H groups in total. The van der Waals surface area contributed by atoms with Crippen LogP contribution in [0.1, 0.15) is 88.2 Å². The summed E-state index contributed by atoms with van der Waals surface area (Å²) in [6, 6.07) is 14.3. The van der Waals surface area contributed by atoms with E-state index in [0.717, 1.165) is 62.6 Å². The Kier molecular flexibility index (Phi) is 15.4. The van der Waals surface area contributed by atoms with Crippen LogP contribution in [0.15, 0.2) is 42.5 Å². The molecule has 2 aliphatic rings. The van der Waals surface area contributed by atoms with Crippen LogP contribution in [0, 0.1) is 0 Å². The van der Waals surface area contributed by atoms with Gasteiger partial charge in [-0.1, -0.05) is 63.6 Å². The van der Waals surface area contributed by atoms with Gasteiger partial charge < -0.3 is 33.5 Å². The summed E-state index contributed by atoms with van der Waals surface area (Å²) >= 11 is 0. The Labute approximate surface area is 294 Å². The van der Waals surface area contributed by atoms with E-state index < -0.39 is 18.5 Å². The first-order chi connectivity index (χ1) is 24.0. The van der Waals surface area contributed by atoms with Crippen molar-refractivity contribution in [3.05, 3.63) is 53.6 Å². The number of ether oxygens (including phenoxy) is 5. The van der Waals surface area contributed by atoms with Gasteiger partial charge in [-0.2, -0.15) is 22.0 Å². The van der Waals surface area contributed by atoms with Gasteiger partial charge in [0.25, 0.3) is 0 Å². The molecular formula is C38H55F5N2O5. The third-order valence-corrected chi connectivity index (χ3v) is 10.2. The molecule has 2 atom stereocenters. The monoisotopic (exact) mass is 714 g/mol. The highest BCUT2D eigenvalue weighted by Gasteiger charge is 2.56. The van der Waals surface area contributed by atoms with Crippen molar-refractivity contribution in [3.8, 4) is 17.2 Å². The zero-order valence-corrected chi connectivity index (χ0v) is 29.9. The van der Waals surface area contributed by atoms with E-state index >= 15 is 0 Å². The van der Waals surface area contributed by atoms with Crippen LogP contribution in [-0.4, -0.2) is 95.6 Å². The van der Waals surface area contributed by atoms with E-state index in [1.54, 1.807) is 14.2 Å². The zero-order chi connectivity index (χ0) is 36.0.